The van der Waals surface area contributed by atoms with Crippen LogP contribution in [0.2, 0.25) is 30.1 Å². The highest BCUT2D eigenvalue weighted by molar-refractivity contribution is 7.00. The molecule has 0 fully saturated rings. The van der Waals surface area contributed by atoms with Crippen LogP contribution in [0.4, 0.5) is 0 Å². The molecule has 162 valence electrons. The minimum atomic E-state index is -0.667. The Morgan fingerprint density at radius 2 is 0.742 bits per heavy atom. The molecular weight excluding hydrogens is 524 g/mol. The molecule has 3 aromatic carbocycles. The summed E-state index contributed by atoms with van der Waals surface area (Å²) in [5.74, 6) is 1.30. The van der Waals surface area contributed by atoms with Crippen molar-refractivity contribution in [2.45, 2.75) is 0 Å². The predicted octanol–water partition coefficient (Wildman–Crippen LogP) is 6.15. The Morgan fingerprint density at radius 3 is 0.968 bits per heavy atom. The standard InChI is InChI=1S/C21H15BCl6O3/c1-29-16-7-10(23)4-13(26)19(16)22(20-14(27)5-11(24)8-17(20)30-2)21-15(28)6-12(25)9-18(21)31-3/h4-9H,1-3H3. The maximum atomic E-state index is 6.68. The van der Waals surface area contributed by atoms with E-state index in [0.717, 1.165) is 0 Å². The van der Waals surface area contributed by atoms with Gasteiger partial charge in [-0.2, -0.15) is 0 Å². The third-order valence-corrected chi connectivity index (χ3v) is 6.29. The normalized spacial score (nSPS) is 10.7. The molecule has 0 unspecified atom stereocenters. The zero-order chi connectivity index (χ0) is 22.9. The lowest BCUT2D eigenvalue weighted by Crippen LogP contribution is -2.54. The predicted molar refractivity (Wildman–Crippen MR) is 134 cm³/mol. The molecule has 10 heteroatoms. The van der Waals surface area contributed by atoms with Crippen LogP contribution in [0.5, 0.6) is 17.2 Å². The summed E-state index contributed by atoms with van der Waals surface area (Å²) < 4.78 is 16.8. The Morgan fingerprint density at radius 1 is 0.484 bits per heavy atom. The Labute approximate surface area is 211 Å². The van der Waals surface area contributed by atoms with E-state index >= 15 is 0 Å². The van der Waals surface area contributed by atoms with E-state index < -0.39 is 6.71 Å². The molecule has 0 radical (unpaired) electrons. The third kappa shape index (κ3) is 4.95. The van der Waals surface area contributed by atoms with Crippen LogP contribution in [-0.2, 0) is 0 Å². The summed E-state index contributed by atoms with van der Waals surface area (Å²) in [6.45, 7) is -0.667. The van der Waals surface area contributed by atoms with Gasteiger partial charge >= 0.3 is 0 Å². The number of methoxy groups -OCH3 is 3. The van der Waals surface area contributed by atoms with E-state index in [4.69, 9.17) is 83.8 Å². The van der Waals surface area contributed by atoms with E-state index in [1.165, 1.54) is 21.3 Å². The second-order valence-corrected chi connectivity index (χ2v) is 8.97. The molecule has 3 nitrogen and oxygen atoms in total. The van der Waals surface area contributed by atoms with Gasteiger partial charge in [0.15, 0.2) is 0 Å². The largest absolute Gasteiger partial charge is 0.497 e. The van der Waals surface area contributed by atoms with Crippen LogP contribution in [0, 0.1) is 0 Å². The summed E-state index contributed by atoms with van der Waals surface area (Å²) >= 11 is 38.7. The molecule has 0 heterocycles. The molecule has 0 aromatic heterocycles. The molecule has 0 saturated carbocycles. The summed E-state index contributed by atoms with van der Waals surface area (Å²) in [6.07, 6.45) is 0. The highest BCUT2D eigenvalue weighted by atomic mass is 35.5. The monoisotopic (exact) mass is 536 g/mol. The molecule has 0 aliphatic carbocycles. The van der Waals surface area contributed by atoms with Gasteiger partial charge in [0.05, 0.1) is 21.3 Å². The zero-order valence-electron chi connectivity index (χ0n) is 16.5. The average molecular weight is 539 g/mol. The molecule has 0 N–H and O–H groups in total. The van der Waals surface area contributed by atoms with Gasteiger partial charge in [0.25, 0.3) is 6.71 Å². The fourth-order valence-electron chi connectivity index (χ4n) is 3.46. The van der Waals surface area contributed by atoms with Gasteiger partial charge in [0.1, 0.15) is 17.2 Å². The zero-order valence-corrected chi connectivity index (χ0v) is 21.1. The topological polar surface area (TPSA) is 27.7 Å². The Bertz CT molecular complexity index is 997. The van der Waals surface area contributed by atoms with Crippen LogP contribution in [-0.4, -0.2) is 28.0 Å². The number of hydrogen-bond acceptors (Lipinski definition) is 3. The SMILES string of the molecule is COc1cc(Cl)cc(Cl)c1B(c1c(Cl)cc(Cl)cc1OC)c1c(Cl)cc(Cl)cc1OC. The van der Waals surface area contributed by atoms with Crippen molar-refractivity contribution >= 4 is 92.7 Å². The maximum Gasteiger partial charge on any atom is 0.261 e. The van der Waals surface area contributed by atoms with Crippen molar-refractivity contribution in [2.24, 2.45) is 0 Å². The summed E-state index contributed by atoms with van der Waals surface area (Å²) in [6, 6.07) is 9.80. The molecule has 0 spiro atoms. The number of hydrogen-bond donors (Lipinski definition) is 0. The van der Waals surface area contributed by atoms with E-state index in [-0.39, 0.29) is 0 Å². The van der Waals surface area contributed by atoms with Gasteiger partial charge in [-0.15, -0.1) is 0 Å². The first-order chi connectivity index (χ1) is 14.7. The quantitative estimate of drug-likeness (QED) is 0.352. The fraction of sp³-hybridized carbons (Fsp3) is 0.143. The molecule has 0 atom stereocenters. The van der Waals surface area contributed by atoms with Crippen molar-refractivity contribution < 1.29 is 14.2 Å². The maximum absolute atomic E-state index is 6.68. The van der Waals surface area contributed by atoms with Gasteiger partial charge in [-0.05, 0) is 52.8 Å². The second kappa shape index (κ2) is 10.2. The van der Waals surface area contributed by atoms with E-state index in [2.05, 4.69) is 0 Å². The average Bonchev–Trinajstić information content (AvgIpc) is 2.70. The summed E-state index contributed by atoms with van der Waals surface area (Å²) in [4.78, 5) is 0. The Balaban J connectivity index is 2.51. The second-order valence-electron chi connectivity index (χ2n) is 6.44. The molecule has 0 aliphatic rings. The van der Waals surface area contributed by atoms with E-state index in [1.807, 2.05) is 0 Å². The Kier molecular flexibility index (Phi) is 8.07. The first-order valence-corrected chi connectivity index (χ1v) is 11.1. The lowest BCUT2D eigenvalue weighted by atomic mass is 9.36. The molecule has 0 saturated heterocycles. The van der Waals surface area contributed by atoms with Crippen molar-refractivity contribution in [1.82, 2.24) is 0 Å². The van der Waals surface area contributed by atoms with Crippen molar-refractivity contribution in [1.29, 1.82) is 0 Å². The van der Waals surface area contributed by atoms with E-state index in [9.17, 15) is 0 Å². The minimum Gasteiger partial charge on any atom is -0.497 e. The first-order valence-electron chi connectivity index (χ1n) is 8.80. The van der Waals surface area contributed by atoms with E-state index in [1.54, 1.807) is 36.4 Å². The van der Waals surface area contributed by atoms with Gasteiger partial charge in [-0.1, -0.05) is 69.6 Å². The van der Waals surface area contributed by atoms with Gasteiger partial charge in [0.2, 0.25) is 0 Å². The summed E-state index contributed by atoms with van der Waals surface area (Å²) in [5, 5.41) is 2.26. The van der Waals surface area contributed by atoms with Crippen LogP contribution in [0.1, 0.15) is 0 Å². The Hall–Kier alpha value is -1.14. The highest BCUT2D eigenvalue weighted by Gasteiger charge is 2.36. The fourth-order valence-corrected chi connectivity index (χ4v) is 5.22. The highest BCUT2D eigenvalue weighted by Crippen LogP contribution is 2.30. The lowest BCUT2D eigenvalue weighted by molar-refractivity contribution is 0.416. The molecule has 31 heavy (non-hydrogen) atoms. The van der Waals surface area contributed by atoms with Gasteiger partial charge in [-0.3, -0.25) is 0 Å². The van der Waals surface area contributed by atoms with Crippen molar-refractivity contribution in [3.8, 4) is 17.2 Å². The van der Waals surface area contributed by atoms with Crippen LogP contribution < -0.4 is 30.6 Å². The molecule has 0 bridgehead atoms. The smallest absolute Gasteiger partial charge is 0.261 e. The summed E-state index contributed by atoms with van der Waals surface area (Å²) in [7, 11) is 4.55. The van der Waals surface area contributed by atoms with Crippen LogP contribution in [0.25, 0.3) is 0 Å². The van der Waals surface area contributed by atoms with Crippen molar-refractivity contribution in [3.05, 3.63) is 66.5 Å². The molecule has 3 aromatic rings. The van der Waals surface area contributed by atoms with Gasteiger partial charge < -0.3 is 14.2 Å². The third-order valence-electron chi connectivity index (χ3n) is 4.69. The number of rotatable bonds is 6. The number of ether oxygens (including phenoxy) is 3. The number of halogens is 6. The molecule has 0 aliphatic heterocycles. The van der Waals surface area contributed by atoms with Crippen LogP contribution in [0.3, 0.4) is 0 Å². The number of benzene rings is 3. The molecule has 3 rings (SSSR count). The van der Waals surface area contributed by atoms with Crippen LogP contribution >= 0.6 is 69.6 Å². The molecular formula is C21H15BCl6O3. The van der Waals surface area contributed by atoms with E-state index in [0.29, 0.717) is 63.8 Å². The summed E-state index contributed by atoms with van der Waals surface area (Å²) in [5.41, 5.74) is 1.70. The van der Waals surface area contributed by atoms with Crippen molar-refractivity contribution in [3.63, 3.8) is 0 Å². The van der Waals surface area contributed by atoms with Gasteiger partial charge in [-0.25, -0.2) is 0 Å². The molecule has 0 amide bonds. The first kappa shape index (κ1) is 24.5. The van der Waals surface area contributed by atoms with Gasteiger partial charge in [0, 0.05) is 30.1 Å². The minimum absolute atomic E-state index is 0.343. The van der Waals surface area contributed by atoms with Crippen LogP contribution in [0.15, 0.2) is 36.4 Å². The van der Waals surface area contributed by atoms with Crippen molar-refractivity contribution in [2.75, 3.05) is 21.3 Å². The lowest BCUT2D eigenvalue weighted by Gasteiger charge is -2.25.